The van der Waals surface area contributed by atoms with Gasteiger partial charge in [0.05, 0.1) is 36.2 Å². The van der Waals surface area contributed by atoms with Gasteiger partial charge < -0.3 is 15.9 Å². The molecule has 0 amide bonds. The summed E-state index contributed by atoms with van der Waals surface area (Å²) in [5.41, 5.74) is 6.98. The zero-order valence-electron chi connectivity index (χ0n) is 15.5. The number of benzene rings is 2. The summed E-state index contributed by atoms with van der Waals surface area (Å²) in [5.74, 6) is 0. The van der Waals surface area contributed by atoms with Gasteiger partial charge in [0, 0.05) is 5.56 Å². The summed E-state index contributed by atoms with van der Waals surface area (Å²) >= 11 is 0. The van der Waals surface area contributed by atoms with E-state index < -0.39 is 17.3 Å². The fraction of sp³-hybridized carbons (Fsp3) is 0.300. The van der Waals surface area contributed by atoms with Gasteiger partial charge >= 0.3 is 6.18 Å². The van der Waals surface area contributed by atoms with E-state index in [-0.39, 0.29) is 13.2 Å². The molecule has 9 heteroatoms. The number of aromatic nitrogens is 3. The lowest BCUT2D eigenvalue weighted by Gasteiger charge is -2.24. The molecule has 0 spiro atoms. The Balaban J connectivity index is 1.70. The molecule has 0 bridgehead atoms. The minimum atomic E-state index is -4.38. The summed E-state index contributed by atoms with van der Waals surface area (Å²) in [6.45, 7) is -0.594. The number of aryl methyl sites for hydroxylation is 1. The Labute approximate surface area is 165 Å². The normalized spacial score (nSPS) is 12.3. The van der Waals surface area contributed by atoms with Crippen molar-refractivity contribution in [2.45, 2.75) is 24.6 Å². The SMILES string of the molecule is NC(CO)(CO)CCc1ccc(-c2cn(-c3ccc(C(F)(F)F)cc3)nn2)cc1. The van der Waals surface area contributed by atoms with Crippen LogP contribution in [-0.4, -0.2) is 44.0 Å². The Morgan fingerprint density at radius 3 is 2.10 bits per heavy atom. The van der Waals surface area contributed by atoms with Crippen LogP contribution in [0.3, 0.4) is 0 Å². The average Bonchev–Trinajstić information content (AvgIpc) is 3.22. The molecule has 0 atom stereocenters. The van der Waals surface area contributed by atoms with E-state index in [0.717, 1.165) is 23.3 Å². The third kappa shape index (κ3) is 5.00. The second-order valence-corrected chi connectivity index (χ2v) is 6.97. The number of hydrogen-bond donors (Lipinski definition) is 3. The molecular weight excluding hydrogens is 385 g/mol. The van der Waals surface area contributed by atoms with Gasteiger partial charge in [-0.2, -0.15) is 13.2 Å². The maximum atomic E-state index is 12.7. The quantitative estimate of drug-likeness (QED) is 0.560. The van der Waals surface area contributed by atoms with Crippen LogP contribution < -0.4 is 5.73 Å². The van der Waals surface area contributed by atoms with Crippen LogP contribution in [0, 0.1) is 0 Å². The van der Waals surface area contributed by atoms with Gasteiger partial charge in [0.15, 0.2) is 0 Å². The molecule has 1 aromatic heterocycles. The molecule has 4 N–H and O–H groups in total. The number of nitrogens with two attached hydrogens (primary N) is 1. The monoisotopic (exact) mass is 406 g/mol. The van der Waals surface area contributed by atoms with Crippen LogP contribution in [-0.2, 0) is 12.6 Å². The minimum Gasteiger partial charge on any atom is -0.394 e. The van der Waals surface area contributed by atoms with Crippen LogP contribution in [0.4, 0.5) is 13.2 Å². The molecule has 154 valence electrons. The van der Waals surface area contributed by atoms with Gasteiger partial charge in [0.25, 0.3) is 0 Å². The highest BCUT2D eigenvalue weighted by atomic mass is 19.4. The molecule has 29 heavy (non-hydrogen) atoms. The summed E-state index contributed by atoms with van der Waals surface area (Å²) in [6, 6.07) is 12.2. The molecule has 0 aliphatic heterocycles. The van der Waals surface area contributed by atoms with E-state index in [0.29, 0.717) is 24.2 Å². The van der Waals surface area contributed by atoms with Crippen molar-refractivity contribution in [2.75, 3.05) is 13.2 Å². The molecule has 0 saturated carbocycles. The molecule has 0 aliphatic carbocycles. The maximum Gasteiger partial charge on any atom is 0.416 e. The summed E-state index contributed by atoms with van der Waals surface area (Å²) in [6.07, 6.45) is -1.72. The maximum absolute atomic E-state index is 12.7. The molecule has 0 unspecified atom stereocenters. The van der Waals surface area contributed by atoms with Crippen LogP contribution in [0.25, 0.3) is 16.9 Å². The standard InChI is InChI=1S/C20H21F3N4O2/c21-20(22,23)16-5-7-17(8-6-16)27-11-18(25-26-27)15-3-1-14(2-4-15)9-10-19(24,12-28)13-29/h1-8,11,28-29H,9-10,12-13,24H2. The van der Waals surface area contributed by atoms with Gasteiger partial charge in [-0.15, -0.1) is 5.10 Å². The fourth-order valence-corrected chi connectivity index (χ4v) is 2.77. The predicted molar refractivity (Wildman–Crippen MR) is 101 cm³/mol. The Bertz CT molecular complexity index is 934. The Kier molecular flexibility index (Phi) is 6.02. The van der Waals surface area contributed by atoms with Crippen molar-refractivity contribution in [1.29, 1.82) is 0 Å². The first kappa shape index (κ1) is 21.0. The Morgan fingerprint density at radius 2 is 1.55 bits per heavy atom. The van der Waals surface area contributed by atoms with E-state index in [1.807, 2.05) is 24.3 Å². The molecule has 2 aromatic carbocycles. The van der Waals surface area contributed by atoms with Crippen LogP contribution in [0.1, 0.15) is 17.5 Å². The van der Waals surface area contributed by atoms with Gasteiger partial charge in [-0.25, -0.2) is 4.68 Å². The Morgan fingerprint density at radius 1 is 0.931 bits per heavy atom. The molecular formula is C20H21F3N4O2. The Hall–Kier alpha value is -2.75. The van der Waals surface area contributed by atoms with Crippen molar-refractivity contribution in [1.82, 2.24) is 15.0 Å². The second kappa shape index (κ2) is 8.32. The van der Waals surface area contributed by atoms with Crippen LogP contribution in [0.5, 0.6) is 0 Å². The fourth-order valence-electron chi connectivity index (χ4n) is 2.77. The lowest BCUT2D eigenvalue weighted by atomic mass is 9.93. The van der Waals surface area contributed by atoms with E-state index in [1.54, 1.807) is 6.20 Å². The summed E-state index contributed by atoms with van der Waals surface area (Å²) < 4.78 is 39.4. The number of aliphatic hydroxyl groups excluding tert-OH is 2. The van der Waals surface area contributed by atoms with E-state index in [1.165, 1.54) is 16.8 Å². The molecule has 0 saturated heterocycles. The number of hydrogen-bond acceptors (Lipinski definition) is 5. The van der Waals surface area contributed by atoms with Crippen LogP contribution in [0.2, 0.25) is 0 Å². The lowest BCUT2D eigenvalue weighted by Crippen LogP contribution is -2.47. The third-order valence-corrected chi connectivity index (χ3v) is 4.74. The smallest absolute Gasteiger partial charge is 0.394 e. The first-order valence-electron chi connectivity index (χ1n) is 8.94. The van der Waals surface area contributed by atoms with Crippen molar-refractivity contribution in [2.24, 2.45) is 5.73 Å². The molecule has 0 aliphatic rings. The van der Waals surface area contributed by atoms with Crippen molar-refractivity contribution in [3.05, 3.63) is 65.9 Å². The van der Waals surface area contributed by atoms with Gasteiger partial charge in [-0.3, -0.25) is 0 Å². The van der Waals surface area contributed by atoms with Gasteiger partial charge in [0.2, 0.25) is 0 Å². The summed E-state index contributed by atoms with van der Waals surface area (Å²) in [5, 5.41) is 26.6. The van der Waals surface area contributed by atoms with Gasteiger partial charge in [0.1, 0.15) is 5.69 Å². The largest absolute Gasteiger partial charge is 0.416 e. The number of aliphatic hydroxyl groups is 2. The minimum absolute atomic E-state index is 0.297. The van der Waals surface area contributed by atoms with Crippen molar-refractivity contribution in [3.8, 4) is 16.9 Å². The highest BCUT2D eigenvalue weighted by Crippen LogP contribution is 2.29. The number of nitrogens with zero attached hydrogens (tertiary/aromatic N) is 3. The summed E-state index contributed by atoms with van der Waals surface area (Å²) in [4.78, 5) is 0. The van der Waals surface area contributed by atoms with E-state index in [9.17, 15) is 23.4 Å². The molecule has 1 heterocycles. The van der Waals surface area contributed by atoms with Gasteiger partial charge in [-0.05, 0) is 42.7 Å². The molecule has 0 fully saturated rings. The average molecular weight is 406 g/mol. The second-order valence-electron chi connectivity index (χ2n) is 6.97. The number of halogens is 3. The van der Waals surface area contributed by atoms with E-state index in [4.69, 9.17) is 5.73 Å². The van der Waals surface area contributed by atoms with E-state index >= 15 is 0 Å². The van der Waals surface area contributed by atoms with E-state index in [2.05, 4.69) is 10.3 Å². The number of alkyl halides is 3. The highest BCUT2D eigenvalue weighted by molar-refractivity contribution is 5.58. The highest BCUT2D eigenvalue weighted by Gasteiger charge is 2.30. The molecule has 6 nitrogen and oxygen atoms in total. The van der Waals surface area contributed by atoms with Crippen LogP contribution >= 0.6 is 0 Å². The zero-order chi connectivity index (χ0) is 21.1. The number of rotatable bonds is 7. The first-order chi connectivity index (χ1) is 13.7. The van der Waals surface area contributed by atoms with Crippen molar-refractivity contribution < 1.29 is 23.4 Å². The summed E-state index contributed by atoms with van der Waals surface area (Å²) in [7, 11) is 0. The van der Waals surface area contributed by atoms with Crippen LogP contribution in [0.15, 0.2) is 54.7 Å². The third-order valence-electron chi connectivity index (χ3n) is 4.74. The van der Waals surface area contributed by atoms with Crippen molar-refractivity contribution >= 4 is 0 Å². The zero-order valence-corrected chi connectivity index (χ0v) is 15.5. The molecule has 0 radical (unpaired) electrons. The first-order valence-corrected chi connectivity index (χ1v) is 8.94. The van der Waals surface area contributed by atoms with Gasteiger partial charge in [-0.1, -0.05) is 29.5 Å². The topological polar surface area (TPSA) is 97.2 Å². The predicted octanol–water partition coefficient (Wildman–Crippen LogP) is 2.57. The van der Waals surface area contributed by atoms with Crippen molar-refractivity contribution in [3.63, 3.8) is 0 Å². The molecule has 3 aromatic rings. The lowest BCUT2D eigenvalue weighted by molar-refractivity contribution is -0.137. The molecule has 3 rings (SSSR count).